The Morgan fingerprint density at radius 3 is 2.18 bits per heavy atom. The summed E-state index contributed by atoms with van der Waals surface area (Å²) in [4.78, 5) is 28.1. The Hall–Kier alpha value is -3.56. The summed E-state index contributed by atoms with van der Waals surface area (Å²) in [5.74, 6) is -0.603. The van der Waals surface area contributed by atoms with Gasteiger partial charge in [0.2, 0.25) is 11.8 Å². The first-order valence-electron chi connectivity index (χ1n) is 12.5. The normalized spacial score (nSPS) is 11.9. The number of nitrogens with zero attached hydrogens (tertiary/aromatic N) is 2. The number of carbonyl (C=O) groups excluding carboxylic acids is 2. The predicted octanol–water partition coefficient (Wildman–Crippen LogP) is 4.71. The van der Waals surface area contributed by atoms with Crippen LogP contribution in [0.5, 0.6) is 5.75 Å². The molecule has 0 saturated heterocycles. The molecule has 1 unspecified atom stereocenters. The van der Waals surface area contributed by atoms with Crippen LogP contribution in [0.4, 0.5) is 5.69 Å². The second-order valence-corrected chi connectivity index (χ2v) is 11.5. The quantitative estimate of drug-likeness (QED) is 0.359. The number of sulfonamides is 1. The van der Waals surface area contributed by atoms with Crippen LogP contribution in [0.1, 0.15) is 30.5 Å². The molecule has 0 aliphatic rings. The summed E-state index contributed by atoms with van der Waals surface area (Å²) in [5, 5.41) is 3.28. The van der Waals surface area contributed by atoms with E-state index in [1.54, 1.807) is 68.4 Å². The molecule has 1 N–H and O–H groups in total. The lowest BCUT2D eigenvalue weighted by Crippen LogP contribution is -2.51. The Morgan fingerprint density at radius 2 is 1.59 bits per heavy atom. The van der Waals surface area contributed by atoms with Crippen molar-refractivity contribution >= 4 is 39.1 Å². The average Bonchev–Trinajstić information content (AvgIpc) is 2.91. The van der Waals surface area contributed by atoms with E-state index in [4.69, 9.17) is 16.3 Å². The van der Waals surface area contributed by atoms with Crippen LogP contribution in [0.15, 0.2) is 71.6 Å². The van der Waals surface area contributed by atoms with Crippen LogP contribution in [0.25, 0.3) is 0 Å². The molecule has 39 heavy (non-hydrogen) atoms. The number of halogens is 1. The number of methoxy groups -OCH3 is 1. The Morgan fingerprint density at radius 1 is 0.974 bits per heavy atom. The smallest absolute Gasteiger partial charge is 0.264 e. The minimum absolute atomic E-state index is 0.0329. The summed E-state index contributed by atoms with van der Waals surface area (Å²) in [5.41, 5.74) is 2.65. The second kappa shape index (κ2) is 13.0. The third kappa shape index (κ3) is 7.30. The van der Waals surface area contributed by atoms with Crippen molar-refractivity contribution in [1.82, 2.24) is 10.2 Å². The van der Waals surface area contributed by atoms with Crippen molar-refractivity contribution in [1.29, 1.82) is 0 Å². The summed E-state index contributed by atoms with van der Waals surface area (Å²) in [6.07, 6.45) is 0. The third-order valence-electron chi connectivity index (χ3n) is 6.28. The van der Waals surface area contributed by atoms with Crippen molar-refractivity contribution in [3.05, 3.63) is 88.4 Å². The van der Waals surface area contributed by atoms with Gasteiger partial charge in [-0.2, -0.15) is 0 Å². The van der Waals surface area contributed by atoms with Gasteiger partial charge in [-0.3, -0.25) is 13.9 Å². The van der Waals surface area contributed by atoms with Crippen molar-refractivity contribution in [2.45, 2.75) is 45.2 Å². The Bertz CT molecular complexity index is 1410. The number of hydrogen-bond acceptors (Lipinski definition) is 5. The zero-order chi connectivity index (χ0) is 28.7. The fourth-order valence-electron chi connectivity index (χ4n) is 4.04. The van der Waals surface area contributed by atoms with E-state index >= 15 is 0 Å². The number of rotatable bonds is 11. The van der Waals surface area contributed by atoms with Crippen LogP contribution >= 0.6 is 11.6 Å². The van der Waals surface area contributed by atoms with Crippen molar-refractivity contribution < 1.29 is 22.7 Å². The molecule has 0 aliphatic carbocycles. The molecule has 10 heteroatoms. The van der Waals surface area contributed by atoms with E-state index in [9.17, 15) is 18.0 Å². The van der Waals surface area contributed by atoms with E-state index in [1.165, 1.54) is 24.1 Å². The van der Waals surface area contributed by atoms with E-state index in [0.29, 0.717) is 17.3 Å². The molecule has 3 aromatic carbocycles. The molecular weight excluding hydrogens is 538 g/mol. The monoisotopic (exact) mass is 571 g/mol. The summed E-state index contributed by atoms with van der Waals surface area (Å²) < 4.78 is 34.5. The molecule has 0 radical (unpaired) electrons. The minimum Gasteiger partial charge on any atom is -0.495 e. The van der Waals surface area contributed by atoms with E-state index in [0.717, 1.165) is 21.0 Å². The van der Waals surface area contributed by atoms with Crippen LogP contribution in [0, 0.1) is 13.8 Å². The molecule has 8 nitrogen and oxygen atoms in total. The lowest BCUT2D eigenvalue weighted by Gasteiger charge is -2.32. The van der Waals surface area contributed by atoms with Gasteiger partial charge in [0.05, 0.1) is 17.7 Å². The standard InChI is InChI=1S/C29H34ClN3O5S/c1-6-31-29(35)22(4)32(18-23-10-12-24(30)13-11-23)28(34)19-33(26-17-21(3)9-16-27(26)38-5)39(36,37)25-14-7-20(2)8-15-25/h7-17,22H,6,18-19H2,1-5H3,(H,31,35). The summed E-state index contributed by atoms with van der Waals surface area (Å²) >= 11 is 6.03. The number of nitrogens with one attached hydrogen (secondary N) is 1. The van der Waals surface area contributed by atoms with Crippen LogP contribution in [0.2, 0.25) is 5.02 Å². The lowest BCUT2D eigenvalue weighted by atomic mass is 10.1. The van der Waals surface area contributed by atoms with Gasteiger partial charge in [0.15, 0.2) is 0 Å². The summed E-state index contributed by atoms with van der Waals surface area (Å²) in [7, 11) is -2.75. The van der Waals surface area contributed by atoms with Gasteiger partial charge in [-0.15, -0.1) is 0 Å². The highest BCUT2D eigenvalue weighted by atomic mass is 35.5. The van der Waals surface area contributed by atoms with Crippen molar-refractivity contribution in [3.63, 3.8) is 0 Å². The molecule has 0 heterocycles. The van der Waals surface area contributed by atoms with Gasteiger partial charge >= 0.3 is 0 Å². The van der Waals surface area contributed by atoms with Crippen molar-refractivity contribution in [2.75, 3.05) is 24.5 Å². The zero-order valence-electron chi connectivity index (χ0n) is 22.8. The maximum atomic E-state index is 14.0. The molecule has 3 rings (SSSR count). The molecule has 0 saturated carbocycles. The van der Waals surface area contributed by atoms with Crippen LogP contribution in [0.3, 0.4) is 0 Å². The van der Waals surface area contributed by atoms with Crippen LogP contribution in [-0.2, 0) is 26.2 Å². The second-order valence-electron chi connectivity index (χ2n) is 9.22. The minimum atomic E-state index is -4.20. The highest BCUT2D eigenvalue weighted by Gasteiger charge is 2.33. The molecule has 0 aromatic heterocycles. The molecule has 0 bridgehead atoms. The molecule has 3 aromatic rings. The Balaban J connectivity index is 2.09. The Labute approximate surface area is 235 Å². The number of hydrogen-bond donors (Lipinski definition) is 1. The van der Waals surface area contributed by atoms with E-state index in [-0.39, 0.29) is 23.0 Å². The van der Waals surface area contributed by atoms with Gasteiger partial charge < -0.3 is 15.0 Å². The molecule has 0 aliphatic heterocycles. The number of likely N-dealkylation sites (N-methyl/N-ethyl adjacent to an activating group) is 1. The first-order valence-corrected chi connectivity index (χ1v) is 14.4. The fourth-order valence-corrected chi connectivity index (χ4v) is 5.58. The summed E-state index contributed by atoms with van der Waals surface area (Å²) in [6.45, 7) is 7.01. The first-order chi connectivity index (χ1) is 18.5. The van der Waals surface area contributed by atoms with Gasteiger partial charge in [-0.25, -0.2) is 8.42 Å². The fraction of sp³-hybridized carbons (Fsp3) is 0.310. The topological polar surface area (TPSA) is 96.0 Å². The average molecular weight is 572 g/mol. The maximum Gasteiger partial charge on any atom is 0.264 e. The molecule has 0 fully saturated rings. The van der Waals surface area contributed by atoms with E-state index in [2.05, 4.69) is 5.32 Å². The number of carbonyl (C=O) groups is 2. The van der Waals surface area contributed by atoms with Gasteiger partial charge in [0.1, 0.15) is 18.3 Å². The number of ether oxygens (including phenoxy) is 1. The predicted molar refractivity (Wildman–Crippen MR) is 154 cm³/mol. The number of aryl methyl sites for hydroxylation is 2. The van der Waals surface area contributed by atoms with Gasteiger partial charge in [0, 0.05) is 18.1 Å². The molecule has 208 valence electrons. The molecular formula is C29H34ClN3O5S. The number of benzene rings is 3. The van der Waals surface area contributed by atoms with Gasteiger partial charge in [-0.1, -0.05) is 47.5 Å². The van der Waals surface area contributed by atoms with E-state index in [1.807, 2.05) is 13.8 Å². The number of amides is 2. The Kier molecular flexibility index (Phi) is 9.99. The van der Waals surface area contributed by atoms with E-state index < -0.39 is 28.5 Å². The summed E-state index contributed by atoms with van der Waals surface area (Å²) in [6, 6.07) is 17.6. The highest BCUT2D eigenvalue weighted by molar-refractivity contribution is 7.92. The largest absolute Gasteiger partial charge is 0.495 e. The SMILES string of the molecule is CCNC(=O)C(C)N(Cc1ccc(Cl)cc1)C(=O)CN(c1cc(C)ccc1OC)S(=O)(=O)c1ccc(C)cc1. The highest BCUT2D eigenvalue weighted by Crippen LogP contribution is 2.34. The van der Waals surface area contributed by atoms with Crippen molar-refractivity contribution in [2.24, 2.45) is 0 Å². The van der Waals surface area contributed by atoms with Gasteiger partial charge in [0.25, 0.3) is 10.0 Å². The van der Waals surface area contributed by atoms with Gasteiger partial charge in [-0.05, 0) is 75.2 Å². The van der Waals surface area contributed by atoms with Crippen molar-refractivity contribution in [3.8, 4) is 5.75 Å². The number of anilines is 1. The molecule has 1 atom stereocenters. The zero-order valence-corrected chi connectivity index (χ0v) is 24.3. The lowest BCUT2D eigenvalue weighted by molar-refractivity contribution is -0.139. The van der Waals surface area contributed by atoms with Crippen LogP contribution in [-0.4, -0.2) is 51.4 Å². The molecule has 2 amide bonds. The van der Waals surface area contributed by atoms with Crippen LogP contribution < -0.4 is 14.4 Å². The maximum absolute atomic E-state index is 14.0. The molecule has 0 spiro atoms. The third-order valence-corrected chi connectivity index (χ3v) is 8.30. The first kappa shape index (κ1) is 30.0.